The number of carbonyl (C=O) groups excluding carboxylic acids is 4. The third-order valence-electron chi connectivity index (χ3n) is 8.40. The summed E-state index contributed by atoms with van der Waals surface area (Å²) >= 11 is 0. The molecule has 3 unspecified atom stereocenters. The Morgan fingerprint density at radius 1 is 1.04 bits per heavy atom. The number of aliphatic hydroxyl groups excluding tert-OH is 1. The number of rotatable bonds is 9. The molecule has 0 bridgehead atoms. The summed E-state index contributed by atoms with van der Waals surface area (Å²) in [5, 5.41) is 20.6. The van der Waals surface area contributed by atoms with Crippen molar-refractivity contribution in [2.75, 3.05) is 5.32 Å². The molecule has 12 heteroatoms. The van der Waals surface area contributed by atoms with E-state index < -0.39 is 36.0 Å². The molecule has 47 heavy (non-hydrogen) atoms. The number of hydrogen-bond donors (Lipinski definition) is 4. The van der Waals surface area contributed by atoms with Gasteiger partial charge in [-0.3, -0.25) is 39.4 Å². The molecule has 2 aliphatic rings. The number of aliphatic hydroxyl groups is 1. The molecule has 0 aliphatic carbocycles. The second kappa shape index (κ2) is 12.5. The maximum absolute atomic E-state index is 13.2. The van der Waals surface area contributed by atoms with E-state index in [0.29, 0.717) is 28.3 Å². The average Bonchev–Trinajstić information content (AvgIpc) is 3.62. The van der Waals surface area contributed by atoms with Gasteiger partial charge in [-0.1, -0.05) is 36.4 Å². The zero-order valence-electron chi connectivity index (χ0n) is 25.1. The Bertz CT molecular complexity index is 1960. The number of hydrogen-bond acceptors (Lipinski definition) is 9. The molecule has 4 N–H and O–H groups in total. The van der Waals surface area contributed by atoms with Crippen LogP contribution in [0.2, 0.25) is 0 Å². The van der Waals surface area contributed by atoms with E-state index >= 15 is 0 Å². The van der Waals surface area contributed by atoms with E-state index in [1.165, 1.54) is 0 Å². The van der Waals surface area contributed by atoms with Crippen molar-refractivity contribution >= 4 is 40.3 Å². The molecule has 3 atom stereocenters. The van der Waals surface area contributed by atoms with Crippen molar-refractivity contribution in [3.63, 3.8) is 0 Å². The van der Waals surface area contributed by atoms with Crippen molar-refractivity contribution < 1.29 is 28.7 Å². The normalized spacial score (nSPS) is 18.1. The van der Waals surface area contributed by atoms with E-state index in [0.717, 1.165) is 21.4 Å². The molecule has 1 fully saturated rings. The molecule has 2 aliphatic heterocycles. The minimum absolute atomic E-state index is 0.0874. The average molecular weight is 631 g/mol. The fraction of sp³-hybridized carbons (Fsp3) is 0.200. The number of imide groups is 1. The Kier molecular flexibility index (Phi) is 7.92. The predicted molar refractivity (Wildman–Crippen MR) is 169 cm³/mol. The smallest absolute Gasteiger partial charge is 0.257 e. The van der Waals surface area contributed by atoms with Crippen molar-refractivity contribution in [3.8, 4) is 0 Å². The minimum atomic E-state index is -1.35. The number of carbonyl (C=O) groups is 4. The summed E-state index contributed by atoms with van der Waals surface area (Å²) in [6.45, 7) is 0.275. The summed E-state index contributed by atoms with van der Waals surface area (Å²) in [6.07, 6.45) is 3.97. The number of aromatic nitrogens is 2. The Hall–Kier alpha value is -5.88. The fourth-order valence-corrected chi connectivity index (χ4v) is 6.09. The number of para-hydroxylation sites is 1. The molecule has 4 amide bonds. The van der Waals surface area contributed by atoms with Gasteiger partial charge < -0.3 is 20.2 Å². The molecule has 2 aromatic carbocycles. The molecule has 236 valence electrons. The van der Waals surface area contributed by atoms with Crippen molar-refractivity contribution in [2.24, 2.45) is 0 Å². The largest absolute Gasteiger partial charge is 0.459 e. The first-order valence-corrected chi connectivity index (χ1v) is 15.2. The van der Waals surface area contributed by atoms with Gasteiger partial charge in [0.05, 0.1) is 18.7 Å². The molecule has 5 heterocycles. The first kappa shape index (κ1) is 29.8. The third kappa shape index (κ3) is 5.93. The van der Waals surface area contributed by atoms with Crippen molar-refractivity contribution in [1.82, 2.24) is 25.5 Å². The second-order valence-electron chi connectivity index (χ2n) is 11.5. The van der Waals surface area contributed by atoms with Crippen LogP contribution >= 0.6 is 0 Å². The zero-order chi connectivity index (χ0) is 32.5. The highest BCUT2D eigenvalue weighted by atomic mass is 16.3. The van der Waals surface area contributed by atoms with Gasteiger partial charge in [-0.05, 0) is 48.4 Å². The number of nitrogens with one attached hydrogen (secondary N) is 3. The minimum Gasteiger partial charge on any atom is -0.459 e. The first-order valence-electron chi connectivity index (χ1n) is 15.2. The van der Waals surface area contributed by atoms with Crippen LogP contribution in [-0.2, 0) is 27.3 Å². The zero-order valence-corrected chi connectivity index (χ0v) is 25.1. The summed E-state index contributed by atoms with van der Waals surface area (Å²) in [5.41, 5.74) is 4.07. The van der Waals surface area contributed by atoms with Crippen LogP contribution in [0.3, 0.4) is 0 Å². The summed E-state index contributed by atoms with van der Waals surface area (Å²) in [7, 11) is 0. The molecular formula is C35H30N6O6. The predicted octanol–water partition coefficient (Wildman–Crippen LogP) is 3.54. The SMILES string of the molecule is O=C1CCC(N2C(=O)c3cccc(NCc4ccc(CC(=O)NC(c5cccnc5)c5cc6ccccc6o5)cn4)c3C2O)C(=O)N1. The summed E-state index contributed by atoms with van der Waals surface area (Å²) < 4.78 is 6.07. The number of nitrogens with zero attached hydrogens (tertiary/aromatic N) is 3. The first-order chi connectivity index (χ1) is 22.9. The molecule has 7 rings (SSSR count). The quantitative estimate of drug-likeness (QED) is 0.178. The molecule has 0 spiro atoms. The molecular weight excluding hydrogens is 600 g/mol. The van der Waals surface area contributed by atoms with Gasteiger partial charge in [-0.15, -0.1) is 0 Å². The molecule has 1 saturated heterocycles. The van der Waals surface area contributed by atoms with Gasteiger partial charge in [-0.2, -0.15) is 0 Å². The van der Waals surface area contributed by atoms with Crippen LogP contribution in [0.25, 0.3) is 11.0 Å². The molecule has 0 saturated carbocycles. The van der Waals surface area contributed by atoms with Gasteiger partial charge in [0, 0.05) is 52.8 Å². The maximum atomic E-state index is 13.2. The number of benzene rings is 2. The van der Waals surface area contributed by atoms with E-state index in [-0.39, 0.29) is 37.3 Å². The summed E-state index contributed by atoms with van der Waals surface area (Å²) in [5.74, 6) is -1.09. The van der Waals surface area contributed by atoms with Crippen LogP contribution in [-0.4, -0.2) is 49.6 Å². The second-order valence-corrected chi connectivity index (χ2v) is 11.5. The van der Waals surface area contributed by atoms with Gasteiger partial charge in [0.15, 0.2) is 6.23 Å². The number of piperidine rings is 1. The lowest BCUT2D eigenvalue weighted by Crippen LogP contribution is -2.53. The Balaban J connectivity index is 1.01. The van der Waals surface area contributed by atoms with E-state index in [2.05, 4.69) is 25.9 Å². The van der Waals surface area contributed by atoms with Gasteiger partial charge in [0.1, 0.15) is 23.4 Å². The molecule has 3 aromatic heterocycles. The van der Waals surface area contributed by atoms with Gasteiger partial charge in [0.25, 0.3) is 5.91 Å². The number of fused-ring (bicyclic) bond motifs is 2. The van der Waals surface area contributed by atoms with Gasteiger partial charge in [0.2, 0.25) is 17.7 Å². The highest BCUT2D eigenvalue weighted by molar-refractivity contribution is 6.06. The van der Waals surface area contributed by atoms with Crippen molar-refractivity contribution in [2.45, 2.75) is 44.1 Å². The third-order valence-corrected chi connectivity index (χ3v) is 8.40. The standard InChI is InChI=1S/C35H30N6O6/c42-29-13-12-26(33(44)40-29)41-34(45)24-7-3-8-25(31(24)35(41)46)38-19-23-11-10-20(17-37-23)15-30(43)39-32(22-6-4-14-36-18-22)28-16-21-5-1-2-9-27(21)47-28/h1-11,14,16-18,26,32,35,38,46H,12-13,15,19H2,(H,39,43)(H,40,42,44). The van der Waals surface area contributed by atoms with Gasteiger partial charge >= 0.3 is 0 Å². The topological polar surface area (TPSA) is 167 Å². The van der Waals surface area contributed by atoms with E-state index in [4.69, 9.17) is 4.42 Å². The number of pyridine rings is 2. The molecule has 5 aromatic rings. The Labute approximate surface area is 268 Å². The van der Waals surface area contributed by atoms with E-state index in [9.17, 15) is 24.3 Å². The van der Waals surface area contributed by atoms with Crippen LogP contribution in [0.4, 0.5) is 5.69 Å². The summed E-state index contributed by atoms with van der Waals surface area (Å²) in [6, 6.07) is 20.5. The molecule has 0 radical (unpaired) electrons. The number of amides is 4. The lowest BCUT2D eigenvalue weighted by atomic mass is 10.0. The number of anilines is 1. The summed E-state index contributed by atoms with van der Waals surface area (Å²) in [4.78, 5) is 60.3. The van der Waals surface area contributed by atoms with Crippen LogP contribution in [0.1, 0.15) is 63.6 Å². The Morgan fingerprint density at radius 2 is 1.91 bits per heavy atom. The highest BCUT2D eigenvalue weighted by Crippen LogP contribution is 2.39. The lowest BCUT2D eigenvalue weighted by Gasteiger charge is -2.32. The van der Waals surface area contributed by atoms with Crippen molar-refractivity contribution in [3.05, 3.63) is 125 Å². The van der Waals surface area contributed by atoms with Gasteiger partial charge in [-0.25, -0.2) is 0 Å². The van der Waals surface area contributed by atoms with E-state index in [1.807, 2.05) is 48.5 Å². The van der Waals surface area contributed by atoms with Crippen LogP contribution in [0, 0.1) is 0 Å². The van der Waals surface area contributed by atoms with Crippen LogP contribution in [0.5, 0.6) is 0 Å². The molecule has 12 nitrogen and oxygen atoms in total. The lowest BCUT2D eigenvalue weighted by molar-refractivity contribution is -0.139. The monoisotopic (exact) mass is 630 g/mol. The fourth-order valence-electron chi connectivity index (χ4n) is 6.09. The highest BCUT2D eigenvalue weighted by Gasteiger charge is 2.45. The maximum Gasteiger partial charge on any atom is 0.257 e. The Morgan fingerprint density at radius 3 is 2.68 bits per heavy atom. The van der Waals surface area contributed by atoms with Crippen molar-refractivity contribution in [1.29, 1.82) is 0 Å². The number of furan rings is 1. The van der Waals surface area contributed by atoms with Crippen LogP contribution in [0.15, 0.2) is 95.8 Å². The van der Waals surface area contributed by atoms with Crippen LogP contribution < -0.4 is 16.0 Å². The van der Waals surface area contributed by atoms with E-state index in [1.54, 1.807) is 42.9 Å².